The highest BCUT2D eigenvalue weighted by Crippen LogP contribution is 2.22. The quantitative estimate of drug-likeness (QED) is 0.829. The number of nitrogen functional groups attached to an aromatic ring is 1. The Morgan fingerprint density at radius 1 is 1.39 bits per heavy atom. The zero-order chi connectivity index (χ0) is 17.0. The van der Waals surface area contributed by atoms with Crippen molar-refractivity contribution < 1.29 is 13.5 Å². The van der Waals surface area contributed by atoms with E-state index in [1.165, 1.54) is 17.0 Å². The van der Waals surface area contributed by atoms with Gasteiger partial charge in [-0.25, -0.2) is 14.1 Å². The van der Waals surface area contributed by atoms with Crippen LogP contribution in [0, 0.1) is 24.5 Å². The average Bonchev–Trinajstić information content (AvgIpc) is 2.79. The second-order valence-corrected chi connectivity index (χ2v) is 5.68. The third-order valence-electron chi connectivity index (χ3n) is 3.14. The molecule has 1 heterocycles. The number of aromatic nitrogens is 2. The molecular weight excluding hydrogens is 302 g/mol. The van der Waals surface area contributed by atoms with Crippen LogP contribution in [0.4, 0.5) is 14.7 Å². The van der Waals surface area contributed by atoms with Gasteiger partial charge in [-0.3, -0.25) is 0 Å². The summed E-state index contributed by atoms with van der Waals surface area (Å²) in [6.07, 6.45) is 3.76. The van der Waals surface area contributed by atoms with Crippen LogP contribution >= 0.6 is 0 Å². The second kappa shape index (κ2) is 7.21. The van der Waals surface area contributed by atoms with Gasteiger partial charge in [0, 0.05) is 5.56 Å². The van der Waals surface area contributed by atoms with E-state index in [0.717, 1.165) is 12.5 Å². The molecule has 1 aromatic carbocycles. The first kappa shape index (κ1) is 16.9. The molecule has 0 amide bonds. The summed E-state index contributed by atoms with van der Waals surface area (Å²) in [7, 11) is 0. The Morgan fingerprint density at radius 2 is 2.13 bits per heavy atom. The van der Waals surface area contributed by atoms with Gasteiger partial charge in [0.05, 0.1) is 24.7 Å². The zero-order valence-electron chi connectivity index (χ0n) is 13.4. The SMILES string of the molecule is Cc1cn(N=Cc2cc(F)c(F)c(OCCC(C)C)c2)c(N)n1. The standard InChI is InChI=1S/C16H20F2N4O/c1-10(2)4-5-23-14-7-12(6-13(17)15(14)18)8-20-22-9-11(3)21-16(22)19/h6-10H,4-5H2,1-3H3,(H2,19,21). The van der Waals surface area contributed by atoms with Crippen LogP contribution in [0.2, 0.25) is 0 Å². The Morgan fingerprint density at radius 3 is 2.74 bits per heavy atom. The Labute approximate surface area is 133 Å². The first-order valence-corrected chi connectivity index (χ1v) is 7.34. The van der Waals surface area contributed by atoms with Crippen LogP contribution in [-0.4, -0.2) is 22.5 Å². The molecular formula is C16H20F2N4O. The number of ether oxygens (including phenoxy) is 1. The van der Waals surface area contributed by atoms with E-state index in [2.05, 4.69) is 10.1 Å². The summed E-state index contributed by atoms with van der Waals surface area (Å²) >= 11 is 0. The van der Waals surface area contributed by atoms with Crippen molar-refractivity contribution in [1.82, 2.24) is 9.66 Å². The molecule has 0 radical (unpaired) electrons. The van der Waals surface area contributed by atoms with E-state index >= 15 is 0 Å². The van der Waals surface area contributed by atoms with Gasteiger partial charge in [0.2, 0.25) is 11.8 Å². The summed E-state index contributed by atoms with van der Waals surface area (Å²) in [5.74, 6) is -1.47. The average molecular weight is 322 g/mol. The van der Waals surface area contributed by atoms with Crippen LogP contribution in [-0.2, 0) is 0 Å². The molecule has 124 valence electrons. The molecule has 7 heteroatoms. The van der Waals surface area contributed by atoms with Crippen LogP contribution < -0.4 is 10.5 Å². The highest BCUT2D eigenvalue weighted by Gasteiger charge is 2.12. The molecule has 0 bridgehead atoms. The van der Waals surface area contributed by atoms with Crippen LogP contribution in [0.15, 0.2) is 23.4 Å². The first-order valence-electron chi connectivity index (χ1n) is 7.34. The third kappa shape index (κ3) is 4.51. The van der Waals surface area contributed by atoms with E-state index in [-0.39, 0.29) is 11.7 Å². The fourth-order valence-electron chi connectivity index (χ4n) is 1.89. The number of hydrogen-bond donors (Lipinski definition) is 1. The van der Waals surface area contributed by atoms with Crippen molar-refractivity contribution in [3.05, 3.63) is 41.2 Å². The van der Waals surface area contributed by atoms with Crippen molar-refractivity contribution in [2.75, 3.05) is 12.3 Å². The fraction of sp³-hybridized carbons (Fsp3) is 0.375. The largest absolute Gasteiger partial charge is 0.490 e. The van der Waals surface area contributed by atoms with E-state index in [4.69, 9.17) is 10.5 Å². The van der Waals surface area contributed by atoms with Gasteiger partial charge in [-0.05, 0) is 31.4 Å². The van der Waals surface area contributed by atoms with Crippen molar-refractivity contribution in [3.63, 3.8) is 0 Å². The highest BCUT2D eigenvalue weighted by atomic mass is 19.2. The van der Waals surface area contributed by atoms with Gasteiger partial charge < -0.3 is 10.5 Å². The lowest BCUT2D eigenvalue weighted by molar-refractivity contribution is 0.272. The van der Waals surface area contributed by atoms with Crippen LogP contribution in [0.5, 0.6) is 5.75 Å². The Balaban J connectivity index is 2.19. The number of benzene rings is 1. The maximum Gasteiger partial charge on any atom is 0.221 e. The molecule has 0 aliphatic rings. The molecule has 0 fully saturated rings. The summed E-state index contributed by atoms with van der Waals surface area (Å²) in [5, 5.41) is 4.08. The van der Waals surface area contributed by atoms with Crippen molar-refractivity contribution in [2.45, 2.75) is 27.2 Å². The summed E-state index contributed by atoms with van der Waals surface area (Å²) in [6, 6.07) is 2.45. The molecule has 0 saturated heterocycles. The smallest absolute Gasteiger partial charge is 0.221 e. The summed E-state index contributed by atoms with van der Waals surface area (Å²) in [4.78, 5) is 4.00. The molecule has 0 atom stereocenters. The van der Waals surface area contributed by atoms with Crippen LogP contribution in [0.25, 0.3) is 0 Å². The molecule has 2 rings (SSSR count). The normalized spacial score (nSPS) is 11.6. The van der Waals surface area contributed by atoms with Gasteiger partial charge in [-0.1, -0.05) is 13.8 Å². The Bertz CT molecular complexity index is 710. The van der Waals surface area contributed by atoms with Gasteiger partial charge in [-0.2, -0.15) is 9.49 Å². The lowest BCUT2D eigenvalue weighted by Crippen LogP contribution is -2.04. The van der Waals surface area contributed by atoms with Gasteiger partial charge >= 0.3 is 0 Å². The Kier molecular flexibility index (Phi) is 5.31. The number of hydrogen-bond acceptors (Lipinski definition) is 4. The maximum absolute atomic E-state index is 13.8. The lowest BCUT2D eigenvalue weighted by atomic mass is 10.1. The zero-order valence-corrected chi connectivity index (χ0v) is 13.4. The van der Waals surface area contributed by atoms with Crippen LogP contribution in [0.1, 0.15) is 31.5 Å². The molecule has 1 aromatic heterocycles. The van der Waals surface area contributed by atoms with Gasteiger partial charge in [0.25, 0.3) is 0 Å². The summed E-state index contributed by atoms with van der Waals surface area (Å²) < 4.78 is 34.1. The molecule has 0 aliphatic heterocycles. The number of imidazole rings is 1. The van der Waals surface area contributed by atoms with Crippen molar-refractivity contribution >= 4 is 12.2 Å². The minimum absolute atomic E-state index is 0.123. The van der Waals surface area contributed by atoms with Crippen molar-refractivity contribution in [3.8, 4) is 5.75 Å². The van der Waals surface area contributed by atoms with Gasteiger partial charge in [0.15, 0.2) is 11.6 Å². The first-order chi connectivity index (χ1) is 10.9. The molecule has 0 spiro atoms. The van der Waals surface area contributed by atoms with E-state index in [0.29, 0.717) is 23.8 Å². The van der Waals surface area contributed by atoms with Gasteiger partial charge in [-0.15, -0.1) is 0 Å². The van der Waals surface area contributed by atoms with E-state index in [1.807, 2.05) is 13.8 Å². The second-order valence-electron chi connectivity index (χ2n) is 5.68. The van der Waals surface area contributed by atoms with Crippen molar-refractivity contribution in [1.29, 1.82) is 0 Å². The van der Waals surface area contributed by atoms with E-state index < -0.39 is 11.6 Å². The summed E-state index contributed by atoms with van der Waals surface area (Å²) in [6.45, 7) is 6.16. The molecule has 23 heavy (non-hydrogen) atoms. The minimum atomic E-state index is -0.996. The Hall–Kier alpha value is -2.44. The van der Waals surface area contributed by atoms with Crippen molar-refractivity contribution in [2.24, 2.45) is 11.0 Å². The monoisotopic (exact) mass is 322 g/mol. The maximum atomic E-state index is 13.8. The number of aryl methyl sites for hydroxylation is 1. The van der Waals surface area contributed by atoms with E-state index in [9.17, 15) is 8.78 Å². The molecule has 0 unspecified atom stereocenters. The number of rotatable bonds is 6. The molecule has 5 nitrogen and oxygen atoms in total. The molecule has 2 aromatic rings. The minimum Gasteiger partial charge on any atom is -0.490 e. The number of nitrogens with two attached hydrogens (primary N) is 1. The number of halogens is 2. The molecule has 2 N–H and O–H groups in total. The van der Waals surface area contributed by atoms with Gasteiger partial charge in [0.1, 0.15) is 0 Å². The fourth-order valence-corrected chi connectivity index (χ4v) is 1.89. The topological polar surface area (TPSA) is 65.4 Å². The summed E-state index contributed by atoms with van der Waals surface area (Å²) in [5.41, 5.74) is 6.74. The van der Waals surface area contributed by atoms with E-state index in [1.54, 1.807) is 13.1 Å². The third-order valence-corrected chi connectivity index (χ3v) is 3.14. The number of anilines is 1. The highest BCUT2D eigenvalue weighted by molar-refractivity contribution is 5.80. The molecule has 0 aliphatic carbocycles. The predicted molar refractivity (Wildman–Crippen MR) is 85.7 cm³/mol. The predicted octanol–water partition coefficient (Wildman–Crippen LogP) is 3.36. The molecule has 0 saturated carbocycles. The lowest BCUT2D eigenvalue weighted by Gasteiger charge is -2.10. The number of nitrogens with zero attached hydrogens (tertiary/aromatic N) is 3. The van der Waals surface area contributed by atoms with Crippen LogP contribution in [0.3, 0.4) is 0 Å².